The Hall–Kier alpha value is -2.31. The third kappa shape index (κ3) is 5.59. The van der Waals surface area contributed by atoms with Crippen LogP contribution in [0.5, 0.6) is 11.5 Å². The van der Waals surface area contributed by atoms with E-state index in [0.29, 0.717) is 22.4 Å². The molecule has 1 amide bonds. The molecule has 2 aromatic rings. The molecule has 1 fully saturated rings. The average molecular weight is 414 g/mol. The number of rotatable bonds is 6. The van der Waals surface area contributed by atoms with Gasteiger partial charge in [0.2, 0.25) is 0 Å². The Morgan fingerprint density at radius 3 is 2.32 bits per heavy atom. The third-order valence-corrected chi connectivity index (χ3v) is 5.30. The van der Waals surface area contributed by atoms with Crippen molar-refractivity contribution in [1.29, 1.82) is 0 Å². The molecule has 1 saturated heterocycles. The van der Waals surface area contributed by atoms with E-state index in [1.54, 1.807) is 6.08 Å². The maximum Gasteiger partial charge on any atom is 0.263 e. The highest BCUT2D eigenvalue weighted by molar-refractivity contribution is 8.26. The average Bonchev–Trinajstić information content (AvgIpc) is 2.96. The molecule has 0 aromatic heterocycles. The summed E-state index contributed by atoms with van der Waals surface area (Å²) in [5.41, 5.74) is 2.29. The lowest BCUT2D eigenvalue weighted by Gasteiger charge is -2.19. The number of amides is 1. The van der Waals surface area contributed by atoms with E-state index in [9.17, 15) is 4.79 Å². The van der Waals surface area contributed by atoms with Crippen LogP contribution in [-0.2, 0) is 10.2 Å². The number of carbonyl (C=O) groups is 1. The molecular formula is C22H23NO3S2. The number of nitrogens with one attached hydrogen (secondary N) is 1. The van der Waals surface area contributed by atoms with Crippen molar-refractivity contribution in [2.75, 3.05) is 13.2 Å². The summed E-state index contributed by atoms with van der Waals surface area (Å²) in [6.07, 6.45) is 1.80. The number of ether oxygens (including phenoxy) is 2. The minimum atomic E-state index is -0.160. The fourth-order valence-corrected chi connectivity index (χ4v) is 3.68. The minimum Gasteiger partial charge on any atom is -0.490 e. The van der Waals surface area contributed by atoms with E-state index in [-0.39, 0.29) is 11.3 Å². The van der Waals surface area contributed by atoms with Crippen LogP contribution in [0, 0.1) is 0 Å². The van der Waals surface area contributed by atoms with Crippen LogP contribution in [0.15, 0.2) is 53.4 Å². The summed E-state index contributed by atoms with van der Waals surface area (Å²) >= 11 is 6.27. The van der Waals surface area contributed by atoms with Crippen molar-refractivity contribution in [3.05, 3.63) is 64.6 Å². The predicted molar refractivity (Wildman–Crippen MR) is 119 cm³/mol. The summed E-state index contributed by atoms with van der Waals surface area (Å²) in [5, 5.41) is 2.61. The zero-order chi connectivity index (χ0) is 20.1. The first-order valence-electron chi connectivity index (χ1n) is 9.02. The first kappa shape index (κ1) is 20.4. The molecule has 0 aliphatic carbocycles. The van der Waals surface area contributed by atoms with E-state index in [1.165, 1.54) is 17.3 Å². The number of benzene rings is 2. The van der Waals surface area contributed by atoms with Crippen molar-refractivity contribution >= 4 is 40.3 Å². The zero-order valence-corrected chi connectivity index (χ0v) is 17.8. The second-order valence-corrected chi connectivity index (χ2v) is 9.11. The van der Waals surface area contributed by atoms with Gasteiger partial charge in [-0.3, -0.25) is 4.79 Å². The SMILES string of the molecule is CC(C)(C)c1ccc(OCCOc2cccc(/C=C3/SC(=S)NC3=O)c2)cc1. The van der Waals surface area contributed by atoms with Crippen molar-refractivity contribution in [3.8, 4) is 11.5 Å². The molecule has 0 unspecified atom stereocenters. The standard InChI is InChI=1S/C22H23NO3S2/c1-22(2,3)16-7-9-17(10-8-16)25-11-12-26-18-6-4-5-15(13-18)14-19-20(24)23-21(27)28-19/h4-10,13-14H,11-12H2,1-3H3,(H,23,24,27)/b19-14+. The van der Waals surface area contributed by atoms with Gasteiger partial charge in [-0.25, -0.2) is 0 Å². The Kier molecular flexibility index (Phi) is 6.42. The van der Waals surface area contributed by atoms with Crippen LogP contribution < -0.4 is 14.8 Å². The molecule has 2 aromatic carbocycles. The lowest BCUT2D eigenvalue weighted by molar-refractivity contribution is -0.115. The van der Waals surface area contributed by atoms with Crippen LogP contribution >= 0.6 is 24.0 Å². The van der Waals surface area contributed by atoms with Gasteiger partial charge < -0.3 is 14.8 Å². The minimum absolute atomic E-state index is 0.130. The Morgan fingerprint density at radius 2 is 1.71 bits per heavy atom. The van der Waals surface area contributed by atoms with Gasteiger partial charge in [-0.2, -0.15) is 0 Å². The van der Waals surface area contributed by atoms with E-state index in [2.05, 4.69) is 38.2 Å². The molecule has 6 heteroatoms. The smallest absolute Gasteiger partial charge is 0.263 e. The van der Waals surface area contributed by atoms with Crippen molar-refractivity contribution in [2.24, 2.45) is 0 Å². The third-order valence-electron chi connectivity index (χ3n) is 4.14. The van der Waals surface area contributed by atoms with Crippen molar-refractivity contribution in [1.82, 2.24) is 5.32 Å². The molecule has 1 heterocycles. The van der Waals surface area contributed by atoms with Gasteiger partial charge >= 0.3 is 0 Å². The Morgan fingerprint density at radius 1 is 1.04 bits per heavy atom. The summed E-state index contributed by atoms with van der Waals surface area (Å²) in [6.45, 7) is 7.44. The van der Waals surface area contributed by atoms with Gasteiger partial charge in [0, 0.05) is 0 Å². The zero-order valence-electron chi connectivity index (χ0n) is 16.2. The van der Waals surface area contributed by atoms with Gasteiger partial charge in [-0.15, -0.1) is 0 Å². The molecule has 4 nitrogen and oxygen atoms in total. The molecule has 1 N–H and O–H groups in total. The summed E-state index contributed by atoms with van der Waals surface area (Å²) in [6, 6.07) is 15.7. The molecule has 146 valence electrons. The molecule has 3 rings (SSSR count). The largest absolute Gasteiger partial charge is 0.490 e. The molecule has 0 atom stereocenters. The summed E-state index contributed by atoms with van der Waals surface area (Å²) < 4.78 is 12.0. The number of hydrogen-bond acceptors (Lipinski definition) is 5. The van der Waals surface area contributed by atoms with Crippen molar-refractivity contribution in [3.63, 3.8) is 0 Å². The maximum absolute atomic E-state index is 11.8. The fraction of sp³-hybridized carbons (Fsp3) is 0.273. The maximum atomic E-state index is 11.8. The van der Waals surface area contributed by atoms with E-state index < -0.39 is 0 Å². The monoisotopic (exact) mass is 413 g/mol. The van der Waals surface area contributed by atoms with E-state index >= 15 is 0 Å². The van der Waals surface area contributed by atoms with Gasteiger partial charge in [-0.1, -0.05) is 69.0 Å². The van der Waals surface area contributed by atoms with E-state index in [1.807, 2.05) is 36.4 Å². The van der Waals surface area contributed by atoms with Crippen LogP contribution in [0.3, 0.4) is 0 Å². The molecule has 1 aliphatic rings. The summed E-state index contributed by atoms with van der Waals surface area (Å²) in [7, 11) is 0. The Labute approximate surface area is 175 Å². The normalized spacial score (nSPS) is 15.6. The van der Waals surface area contributed by atoms with Crippen LogP contribution in [-0.4, -0.2) is 23.4 Å². The first-order valence-corrected chi connectivity index (χ1v) is 10.2. The van der Waals surface area contributed by atoms with Gasteiger partial charge in [0.15, 0.2) is 0 Å². The van der Waals surface area contributed by atoms with Crippen molar-refractivity contribution in [2.45, 2.75) is 26.2 Å². The van der Waals surface area contributed by atoms with E-state index in [4.69, 9.17) is 21.7 Å². The van der Waals surface area contributed by atoms with Gasteiger partial charge in [-0.05, 0) is 46.9 Å². The first-order chi connectivity index (χ1) is 13.3. The van der Waals surface area contributed by atoms with Crippen LogP contribution in [0.1, 0.15) is 31.9 Å². The Bertz CT molecular complexity index is 899. The fourth-order valence-electron chi connectivity index (χ4n) is 2.64. The number of carbonyl (C=O) groups excluding carboxylic acids is 1. The topological polar surface area (TPSA) is 47.6 Å². The van der Waals surface area contributed by atoms with Crippen LogP contribution in [0.2, 0.25) is 0 Å². The van der Waals surface area contributed by atoms with Gasteiger partial charge in [0.25, 0.3) is 5.91 Å². The van der Waals surface area contributed by atoms with Gasteiger partial charge in [0.1, 0.15) is 29.0 Å². The van der Waals surface area contributed by atoms with Gasteiger partial charge in [0.05, 0.1) is 4.91 Å². The Balaban J connectivity index is 1.51. The van der Waals surface area contributed by atoms with Crippen molar-refractivity contribution < 1.29 is 14.3 Å². The lowest BCUT2D eigenvalue weighted by Crippen LogP contribution is -2.17. The molecule has 1 aliphatic heterocycles. The number of thiocarbonyl (C=S) groups is 1. The summed E-state index contributed by atoms with van der Waals surface area (Å²) in [4.78, 5) is 12.3. The predicted octanol–water partition coefficient (Wildman–Crippen LogP) is 4.93. The molecule has 0 saturated carbocycles. The highest BCUT2D eigenvalue weighted by atomic mass is 32.2. The molecule has 0 spiro atoms. The second-order valence-electron chi connectivity index (χ2n) is 7.40. The summed E-state index contributed by atoms with van der Waals surface area (Å²) in [5.74, 6) is 1.40. The second kappa shape index (κ2) is 8.80. The molecule has 0 radical (unpaired) electrons. The molecule has 0 bridgehead atoms. The molecule has 28 heavy (non-hydrogen) atoms. The number of thioether (sulfide) groups is 1. The number of hydrogen-bond donors (Lipinski definition) is 1. The van der Waals surface area contributed by atoms with Crippen LogP contribution in [0.4, 0.5) is 0 Å². The highest BCUT2D eigenvalue weighted by Gasteiger charge is 2.21. The van der Waals surface area contributed by atoms with Crippen LogP contribution in [0.25, 0.3) is 6.08 Å². The molecular weight excluding hydrogens is 390 g/mol. The lowest BCUT2D eigenvalue weighted by atomic mass is 9.87. The quantitative estimate of drug-likeness (QED) is 0.413. The highest BCUT2D eigenvalue weighted by Crippen LogP contribution is 2.27. The van der Waals surface area contributed by atoms with E-state index in [0.717, 1.165) is 17.1 Å².